The summed E-state index contributed by atoms with van der Waals surface area (Å²) in [6.45, 7) is 5.04. The van der Waals surface area contributed by atoms with E-state index >= 15 is 0 Å². The number of hydrogen-bond acceptors (Lipinski definition) is 4. The molecule has 6 nitrogen and oxygen atoms in total. The predicted molar refractivity (Wildman–Crippen MR) is 182 cm³/mol. The average Bonchev–Trinajstić information content (AvgIpc) is 3.43. The molecule has 0 saturated carbocycles. The van der Waals surface area contributed by atoms with Gasteiger partial charge in [-0.1, -0.05) is 92.7 Å². The van der Waals surface area contributed by atoms with Gasteiger partial charge in [0.25, 0.3) is 5.91 Å². The van der Waals surface area contributed by atoms with Crippen LogP contribution in [0.2, 0.25) is 0 Å². The number of ether oxygens (including phenoxy) is 2. The Morgan fingerprint density at radius 3 is 2.19 bits per heavy atom. The van der Waals surface area contributed by atoms with Crippen LogP contribution in [0.25, 0.3) is 22.4 Å². The number of aromatic nitrogens is 1. The molecular weight excluding hydrogens is 591 g/mol. The molecular formula is C40H39FN2O4. The molecule has 1 N–H and O–H groups in total. The van der Waals surface area contributed by atoms with Crippen molar-refractivity contribution in [3.05, 3.63) is 138 Å². The van der Waals surface area contributed by atoms with E-state index in [4.69, 9.17) is 9.47 Å². The van der Waals surface area contributed by atoms with Crippen LogP contribution in [0, 0.1) is 5.82 Å². The topological polar surface area (TPSA) is 69.6 Å². The first-order chi connectivity index (χ1) is 22.9. The van der Waals surface area contributed by atoms with E-state index in [9.17, 15) is 14.0 Å². The zero-order chi connectivity index (χ0) is 32.8. The highest BCUT2D eigenvalue weighted by atomic mass is 19.1. The lowest BCUT2D eigenvalue weighted by atomic mass is 9.94. The fraction of sp³-hybridized carbons (Fsp3) is 0.250. The predicted octanol–water partition coefficient (Wildman–Crippen LogP) is 9.02. The van der Waals surface area contributed by atoms with Gasteiger partial charge in [-0.25, -0.2) is 4.39 Å². The van der Waals surface area contributed by atoms with Gasteiger partial charge in [-0.05, 0) is 59.0 Å². The van der Waals surface area contributed by atoms with Crippen molar-refractivity contribution in [2.75, 3.05) is 5.32 Å². The molecule has 6 rings (SSSR count). The van der Waals surface area contributed by atoms with Crippen LogP contribution in [0.1, 0.15) is 60.6 Å². The fourth-order valence-electron chi connectivity index (χ4n) is 6.42. The molecule has 47 heavy (non-hydrogen) atoms. The molecule has 4 aromatic carbocycles. The van der Waals surface area contributed by atoms with Gasteiger partial charge < -0.3 is 19.4 Å². The lowest BCUT2D eigenvalue weighted by Gasteiger charge is -2.29. The number of esters is 1. The Balaban J connectivity index is 1.40. The second-order valence-electron chi connectivity index (χ2n) is 12.2. The van der Waals surface area contributed by atoms with Crippen LogP contribution >= 0.6 is 0 Å². The van der Waals surface area contributed by atoms with E-state index in [1.807, 2.05) is 91.0 Å². The van der Waals surface area contributed by atoms with Crippen LogP contribution in [-0.4, -0.2) is 28.7 Å². The highest BCUT2D eigenvalue weighted by Gasteiger charge is 2.33. The summed E-state index contributed by atoms with van der Waals surface area (Å²) in [6.07, 6.45) is 0.706. The first-order valence-electron chi connectivity index (χ1n) is 16.2. The summed E-state index contributed by atoms with van der Waals surface area (Å²) in [6, 6.07) is 35.5. The van der Waals surface area contributed by atoms with Crippen LogP contribution in [0.5, 0.6) is 0 Å². The zero-order valence-electron chi connectivity index (χ0n) is 26.7. The third-order valence-electron chi connectivity index (χ3n) is 8.51. The molecule has 0 unspecified atom stereocenters. The van der Waals surface area contributed by atoms with Crippen molar-refractivity contribution < 1.29 is 23.5 Å². The van der Waals surface area contributed by atoms with Gasteiger partial charge >= 0.3 is 5.97 Å². The minimum Gasteiger partial charge on any atom is -0.462 e. The summed E-state index contributed by atoms with van der Waals surface area (Å²) in [5, 5.41) is 3.11. The first kappa shape index (κ1) is 32.0. The third kappa shape index (κ3) is 7.53. The number of anilines is 1. The van der Waals surface area contributed by atoms with Crippen LogP contribution in [0.4, 0.5) is 10.1 Å². The second kappa shape index (κ2) is 14.6. The van der Waals surface area contributed by atoms with Crippen molar-refractivity contribution in [1.82, 2.24) is 4.57 Å². The van der Waals surface area contributed by atoms with E-state index in [1.165, 1.54) is 12.1 Å². The number of nitrogens with one attached hydrogen (secondary N) is 1. The van der Waals surface area contributed by atoms with Crippen molar-refractivity contribution in [2.24, 2.45) is 0 Å². The van der Waals surface area contributed by atoms with Crippen LogP contribution in [-0.2, 0) is 27.4 Å². The molecule has 2 heterocycles. The number of para-hydroxylation sites is 1. The maximum absolute atomic E-state index is 14.3. The molecule has 0 spiro atoms. The van der Waals surface area contributed by atoms with Gasteiger partial charge in [-0.15, -0.1) is 0 Å². The summed E-state index contributed by atoms with van der Waals surface area (Å²) in [7, 11) is 0. The molecule has 2 atom stereocenters. The lowest BCUT2D eigenvalue weighted by Crippen LogP contribution is -2.35. The number of rotatable bonds is 11. The SMILES string of the molecule is CC(C)c1c(C(=O)Nc2ccccc2)c(-c2ccccc2)c(-c2ccc(F)cc2)n1CC[C@@H]1C[C@@H](OCc2ccccc2)CC(=O)O1. The molecule has 1 aromatic heterocycles. The highest BCUT2D eigenvalue weighted by Crippen LogP contribution is 2.43. The number of amides is 1. The normalized spacial score (nSPS) is 16.2. The van der Waals surface area contributed by atoms with E-state index in [-0.39, 0.29) is 42.2 Å². The number of nitrogens with zero attached hydrogens (tertiary/aromatic N) is 1. The summed E-state index contributed by atoms with van der Waals surface area (Å²) in [4.78, 5) is 27.0. The van der Waals surface area contributed by atoms with E-state index < -0.39 is 0 Å². The van der Waals surface area contributed by atoms with Crippen LogP contribution in [0.15, 0.2) is 115 Å². The van der Waals surface area contributed by atoms with Gasteiger partial charge in [0, 0.05) is 36.3 Å². The molecule has 1 aliphatic heterocycles. The molecule has 0 radical (unpaired) electrons. The molecule has 0 aliphatic carbocycles. The van der Waals surface area contributed by atoms with E-state index in [0.29, 0.717) is 37.2 Å². The molecule has 1 aliphatic rings. The molecule has 1 fully saturated rings. The number of hydrogen-bond donors (Lipinski definition) is 1. The van der Waals surface area contributed by atoms with Crippen molar-refractivity contribution in [3.63, 3.8) is 0 Å². The first-order valence-corrected chi connectivity index (χ1v) is 16.2. The van der Waals surface area contributed by atoms with Crippen molar-refractivity contribution in [3.8, 4) is 22.4 Å². The Labute approximate surface area is 275 Å². The minimum atomic E-state index is -0.359. The number of benzene rings is 4. The van der Waals surface area contributed by atoms with Gasteiger partial charge in [-0.3, -0.25) is 9.59 Å². The quantitative estimate of drug-likeness (QED) is 0.148. The maximum Gasteiger partial charge on any atom is 0.308 e. The zero-order valence-corrected chi connectivity index (χ0v) is 26.7. The van der Waals surface area contributed by atoms with E-state index in [2.05, 4.69) is 23.7 Å². The van der Waals surface area contributed by atoms with Gasteiger partial charge in [-0.2, -0.15) is 0 Å². The Morgan fingerprint density at radius 1 is 0.894 bits per heavy atom. The molecule has 240 valence electrons. The van der Waals surface area contributed by atoms with Crippen LogP contribution < -0.4 is 5.32 Å². The lowest BCUT2D eigenvalue weighted by molar-refractivity contribution is -0.164. The number of cyclic esters (lactones) is 1. The van der Waals surface area contributed by atoms with Gasteiger partial charge in [0.05, 0.1) is 30.4 Å². The largest absolute Gasteiger partial charge is 0.462 e. The van der Waals surface area contributed by atoms with Crippen molar-refractivity contribution >= 4 is 17.6 Å². The van der Waals surface area contributed by atoms with Gasteiger partial charge in [0.2, 0.25) is 0 Å². The summed E-state index contributed by atoms with van der Waals surface area (Å²) in [5.41, 5.74) is 6.43. The Hall–Kier alpha value is -5.01. The summed E-state index contributed by atoms with van der Waals surface area (Å²) >= 11 is 0. The summed E-state index contributed by atoms with van der Waals surface area (Å²) in [5.74, 6) is -0.879. The molecule has 1 saturated heterocycles. The maximum atomic E-state index is 14.3. The third-order valence-corrected chi connectivity index (χ3v) is 8.51. The van der Waals surface area contributed by atoms with E-state index in [0.717, 1.165) is 33.6 Å². The number of carbonyl (C=O) groups is 2. The minimum absolute atomic E-state index is 0.0426. The molecule has 0 bridgehead atoms. The smallest absolute Gasteiger partial charge is 0.308 e. The Kier molecular flexibility index (Phi) is 9.93. The van der Waals surface area contributed by atoms with Gasteiger partial charge in [0.15, 0.2) is 0 Å². The van der Waals surface area contributed by atoms with Gasteiger partial charge in [0.1, 0.15) is 11.9 Å². The number of halogens is 1. The second-order valence-corrected chi connectivity index (χ2v) is 12.2. The highest BCUT2D eigenvalue weighted by molar-refractivity contribution is 6.12. The van der Waals surface area contributed by atoms with Crippen molar-refractivity contribution in [2.45, 2.75) is 64.4 Å². The van der Waals surface area contributed by atoms with Crippen molar-refractivity contribution in [1.29, 1.82) is 0 Å². The molecule has 7 heteroatoms. The molecule has 1 amide bonds. The number of carbonyl (C=O) groups excluding carboxylic acids is 2. The fourth-order valence-corrected chi connectivity index (χ4v) is 6.42. The van der Waals surface area contributed by atoms with E-state index in [1.54, 1.807) is 12.1 Å². The Morgan fingerprint density at radius 2 is 1.53 bits per heavy atom. The monoisotopic (exact) mass is 630 g/mol. The van der Waals surface area contributed by atoms with Crippen LogP contribution in [0.3, 0.4) is 0 Å². The molecule has 5 aromatic rings. The standard InChI is InChI=1S/C40H39FN2O4/c1-27(2)38-37(40(45)42-32-16-10-5-11-17-32)36(29-14-8-4-9-15-29)39(30-18-20-31(41)21-19-30)43(38)23-22-33-24-34(25-35(44)47-33)46-26-28-12-6-3-7-13-28/h3-21,27,33-34H,22-26H2,1-2H3,(H,42,45)/t33-,34-/m1/s1. The summed E-state index contributed by atoms with van der Waals surface area (Å²) < 4.78 is 28.4. The average molecular weight is 631 g/mol. The Bertz CT molecular complexity index is 1800.